The summed E-state index contributed by atoms with van der Waals surface area (Å²) in [6.45, 7) is 2.78. The number of nitrogens with one attached hydrogen (secondary N) is 1. The summed E-state index contributed by atoms with van der Waals surface area (Å²) in [6.07, 6.45) is 0.899. The third-order valence-corrected chi connectivity index (χ3v) is 2.59. The van der Waals surface area contributed by atoms with Crippen molar-refractivity contribution in [2.75, 3.05) is 33.2 Å². The molecule has 0 saturated heterocycles. The van der Waals surface area contributed by atoms with Crippen LogP contribution >= 0.6 is 0 Å². The number of anilines is 1. The zero-order chi connectivity index (χ0) is 13.5. The van der Waals surface area contributed by atoms with E-state index in [9.17, 15) is 0 Å². The Morgan fingerprint density at radius 2 is 1.67 bits per heavy atom. The second-order valence-corrected chi connectivity index (χ2v) is 4.11. The number of rotatable bonds is 7. The fraction of sp³-hybridized carbons (Fsp3) is 0.538. The van der Waals surface area contributed by atoms with Crippen LogP contribution in [-0.4, -0.2) is 33.9 Å². The highest BCUT2D eigenvalue weighted by atomic mass is 16.5. The van der Waals surface area contributed by atoms with Crippen LogP contribution in [0, 0.1) is 0 Å². The first-order valence-electron chi connectivity index (χ1n) is 5.91. The molecule has 102 valence electrons. The fourth-order valence-corrected chi connectivity index (χ4v) is 1.63. The molecule has 0 bridgehead atoms. The van der Waals surface area contributed by atoms with Crippen LogP contribution in [0.1, 0.15) is 13.3 Å². The minimum atomic E-state index is 0.180. The molecule has 0 fully saturated rings. The molecule has 1 atom stereocenters. The van der Waals surface area contributed by atoms with Crippen LogP contribution in [0.5, 0.6) is 17.2 Å². The predicted octanol–water partition coefficient (Wildman–Crippen LogP) is 1.86. The standard InChI is InChI=1S/C13H22N2O3/c1-9(14)5-6-15-10-7-11(16-2)13(18-4)12(8-10)17-3/h7-9,15H,5-6,14H2,1-4H3. The van der Waals surface area contributed by atoms with Gasteiger partial charge in [0.15, 0.2) is 11.5 Å². The van der Waals surface area contributed by atoms with E-state index in [1.54, 1.807) is 21.3 Å². The molecule has 1 aromatic carbocycles. The van der Waals surface area contributed by atoms with Gasteiger partial charge in [0, 0.05) is 30.4 Å². The van der Waals surface area contributed by atoms with Crippen LogP contribution in [0.25, 0.3) is 0 Å². The Hall–Kier alpha value is -1.62. The molecule has 0 radical (unpaired) electrons. The topological polar surface area (TPSA) is 65.7 Å². The van der Waals surface area contributed by atoms with Gasteiger partial charge in [-0.2, -0.15) is 0 Å². The Bertz CT molecular complexity index is 355. The molecule has 3 N–H and O–H groups in total. The van der Waals surface area contributed by atoms with Crippen molar-refractivity contribution in [1.82, 2.24) is 0 Å². The molecule has 0 spiro atoms. The van der Waals surface area contributed by atoms with Crippen molar-refractivity contribution in [2.45, 2.75) is 19.4 Å². The highest BCUT2D eigenvalue weighted by Gasteiger charge is 2.12. The SMILES string of the molecule is COc1cc(NCCC(C)N)cc(OC)c1OC. The smallest absolute Gasteiger partial charge is 0.203 e. The zero-order valence-electron chi connectivity index (χ0n) is 11.4. The average Bonchev–Trinajstić information content (AvgIpc) is 2.36. The highest BCUT2D eigenvalue weighted by molar-refractivity contribution is 5.62. The zero-order valence-corrected chi connectivity index (χ0v) is 11.4. The summed E-state index contributed by atoms with van der Waals surface area (Å²) >= 11 is 0. The summed E-state index contributed by atoms with van der Waals surface area (Å²) in [5.74, 6) is 1.87. The largest absolute Gasteiger partial charge is 0.493 e. The summed E-state index contributed by atoms with van der Waals surface area (Å²) in [5, 5.41) is 3.28. The minimum absolute atomic E-state index is 0.180. The highest BCUT2D eigenvalue weighted by Crippen LogP contribution is 2.39. The molecule has 5 nitrogen and oxygen atoms in total. The van der Waals surface area contributed by atoms with E-state index in [0.717, 1.165) is 18.7 Å². The maximum atomic E-state index is 5.70. The molecule has 0 heterocycles. The lowest BCUT2D eigenvalue weighted by Crippen LogP contribution is -2.19. The van der Waals surface area contributed by atoms with Crippen molar-refractivity contribution in [3.05, 3.63) is 12.1 Å². The predicted molar refractivity (Wildman–Crippen MR) is 72.9 cm³/mol. The van der Waals surface area contributed by atoms with Gasteiger partial charge in [0.1, 0.15) is 0 Å². The van der Waals surface area contributed by atoms with E-state index < -0.39 is 0 Å². The molecular formula is C13H22N2O3. The Balaban J connectivity index is 2.86. The molecule has 1 rings (SSSR count). The molecule has 1 unspecified atom stereocenters. The lowest BCUT2D eigenvalue weighted by atomic mass is 10.2. The summed E-state index contributed by atoms with van der Waals surface area (Å²) in [4.78, 5) is 0. The summed E-state index contributed by atoms with van der Waals surface area (Å²) in [7, 11) is 4.79. The molecule has 0 aliphatic rings. The van der Waals surface area contributed by atoms with Gasteiger partial charge in [0.2, 0.25) is 5.75 Å². The molecule has 0 aliphatic carbocycles. The Morgan fingerprint density at radius 3 is 2.06 bits per heavy atom. The van der Waals surface area contributed by atoms with E-state index in [4.69, 9.17) is 19.9 Å². The number of nitrogens with two attached hydrogens (primary N) is 1. The molecule has 1 aromatic rings. The molecule has 0 amide bonds. The number of benzene rings is 1. The Kier molecular flexibility index (Phi) is 5.58. The third-order valence-electron chi connectivity index (χ3n) is 2.59. The second-order valence-electron chi connectivity index (χ2n) is 4.11. The third kappa shape index (κ3) is 3.70. The molecule has 0 aliphatic heterocycles. The Morgan fingerprint density at radius 1 is 1.11 bits per heavy atom. The van der Waals surface area contributed by atoms with E-state index in [2.05, 4.69) is 5.32 Å². The van der Waals surface area contributed by atoms with Crippen molar-refractivity contribution >= 4 is 5.69 Å². The van der Waals surface area contributed by atoms with Crippen LogP contribution < -0.4 is 25.3 Å². The van der Waals surface area contributed by atoms with E-state index in [1.165, 1.54) is 0 Å². The number of hydrogen-bond donors (Lipinski definition) is 2. The average molecular weight is 254 g/mol. The van der Waals surface area contributed by atoms with Crippen molar-refractivity contribution in [1.29, 1.82) is 0 Å². The van der Waals surface area contributed by atoms with Gasteiger partial charge in [-0.05, 0) is 13.3 Å². The molecule has 0 saturated carbocycles. The van der Waals surface area contributed by atoms with Crippen molar-refractivity contribution in [2.24, 2.45) is 5.73 Å². The van der Waals surface area contributed by atoms with Crippen molar-refractivity contribution in [3.63, 3.8) is 0 Å². The van der Waals surface area contributed by atoms with E-state index in [0.29, 0.717) is 17.2 Å². The molecule has 0 aromatic heterocycles. The van der Waals surface area contributed by atoms with Gasteiger partial charge in [-0.25, -0.2) is 0 Å². The van der Waals surface area contributed by atoms with Gasteiger partial charge in [-0.3, -0.25) is 0 Å². The quantitative estimate of drug-likeness (QED) is 0.777. The van der Waals surface area contributed by atoms with Gasteiger partial charge in [-0.1, -0.05) is 0 Å². The Labute approximate surface area is 108 Å². The van der Waals surface area contributed by atoms with E-state index in [-0.39, 0.29) is 6.04 Å². The van der Waals surface area contributed by atoms with Gasteiger partial charge < -0.3 is 25.3 Å². The van der Waals surface area contributed by atoms with Crippen LogP contribution in [0.3, 0.4) is 0 Å². The molecule has 5 heteroatoms. The van der Waals surface area contributed by atoms with Gasteiger partial charge in [-0.15, -0.1) is 0 Å². The first kappa shape index (κ1) is 14.4. The first-order chi connectivity index (χ1) is 8.62. The van der Waals surface area contributed by atoms with Gasteiger partial charge in [0.25, 0.3) is 0 Å². The monoisotopic (exact) mass is 254 g/mol. The summed E-state index contributed by atoms with van der Waals surface area (Å²) in [5.41, 5.74) is 6.63. The lowest BCUT2D eigenvalue weighted by Gasteiger charge is -2.15. The molecule has 18 heavy (non-hydrogen) atoms. The van der Waals surface area contributed by atoms with E-state index in [1.807, 2.05) is 19.1 Å². The van der Waals surface area contributed by atoms with Crippen LogP contribution in [0.15, 0.2) is 12.1 Å². The summed E-state index contributed by atoms with van der Waals surface area (Å²) < 4.78 is 15.8. The minimum Gasteiger partial charge on any atom is -0.493 e. The summed E-state index contributed by atoms with van der Waals surface area (Å²) in [6, 6.07) is 3.94. The van der Waals surface area contributed by atoms with Crippen LogP contribution in [0.2, 0.25) is 0 Å². The van der Waals surface area contributed by atoms with Crippen LogP contribution in [0.4, 0.5) is 5.69 Å². The maximum Gasteiger partial charge on any atom is 0.203 e. The van der Waals surface area contributed by atoms with E-state index >= 15 is 0 Å². The fourth-order valence-electron chi connectivity index (χ4n) is 1.63. The van der Waals surface area contributed by atoms with Crippen molar-refractivity contribution in [3.8, 4) is 17.2 Å². The number of hydrogen-bond acceptors (Lipinski definition) is 5. The van der Waals surface area contributed by atoms with Crippen LogP contribution in [-0.2, 0) is 0 Å². The number of ether oxygens (including phenoxy) is 3. The second kappa shape index (κ2) is 6.96. The number of methoxy groups -OCH3 is 3. The first-order valence-corrected chi connectivity index (χ1v) is 5.91. The van der Waals surface area contributed by atoms with Gasteiger partial charge >= 0.3 is 0 Å². The van der Waals surface area contributed by atoms with Crippen molar-refractivity contribution < 1.29 is 14.2 Å². The lowest BCUT2D eigenvalue weighted by molar-refractivity contribution is 0.324. The molecular weight excluding hydrogens is 232 g/mol. The maximum absolute atomic E-state index is 5.70. The van der Waals surface area contributed by atoms with Gasteiger partial charge in [0.05, 0.1) is 21.3 Å². The normalized spacial score (nSPS) is 11.8.